The maximum Gasteiger partial charge on any atom is 0.345 e. The highest BCUT2D eigenvalue weighted by atomic mass is 16.7. The summed E-state index contributed by atoms with van der Waals surface area (Å²) in [6.07, 6.45) is 1.78. The van der Waals surface area contributed by atoms with Crippen LogP contribution in [0.25, 0.3) is 0 Å². The number of carbonyl (C=O) groups is 2. The van der Waals surface area contributed by atoms with E-state index in [0.717, 1.165) is 16.8 Å². The fourth-order valence-corrected chi connectivity index (χ4v) is 3.15. The fraction of sp³-hybridized carbons (Fsp3) is 0.312. The van der Waals surface area contributed by atoms with Gasteiger partial charge in [-0.15, -0.1) is 0 Å². The topological polar surface area (TPSA) is 93.7 Å². The molecule has 1 fully saturated rings. The van der Waals surface area contributed by atoms with Crippen LogP contribution in [0.15, 0.2) is 36.5 Å². The number of urea groups is 1. The van der Waals surface area contributed by atoms with Crippen molar-refractivity contribution in [1.82, 2.24) is 19.7 Å². The Hall–Kier alpha value is -2.87. The summed E-state index contributed by atoms with van der Waals surface area (Å²) in [7, 11) is 0. The van der Waals surface area contributed by atoms with Gasteiger partial charge in [0.15, 0.2) is 0 Å². The molecule has 1 aromatic carbocycles. The molecule has 1 aromatic heterocycles. The van der Waals surface area contributed by atoms with Gasteiger partial charge in [-0.3, -0.25) is 14.3 Å². The summed E-state index contributed by atoms with van der Waals surface area (Å²) < 4.78 is 1.52. The van der Waals surface area contributed by atoms with Gasteiger partial charge in [-0.2, -0.15) is 10.2 Å². The molecule has 0 aliphatic carbocycles. The Morgan fingerprint density at radius 3 is 2.88 bits per heavy atom. The molecule has 2 N–H and O–H groups in total. The van der Waals surface area contributed by atoms with E-state index in [1.54, 1.807) is 11.1 Å². The van der Waals surface area contributed by atoms with Crippen LogP contribution in [0, 0.1) is 0 Å². The molecule has 0 spiro atoms. The maximum absolute atomic E-state index is 12.5. The summed E-state index contributed by atoms with van der Waals surface area (Å²) in [5.74, 6) is -0.450. The zero-order valence-electron chi connectivity index (χ0n) is 13.0. The van der Waals surface area contributed by atoms with Crippen LogP contribution in [0.3, 0.4) is 0 Å². The molecule has 2 aromatic rings. The lowest BCUT2D eigenvalue weighted by Gasteiger charge is -2.22. The second kappa shape index (κ2) is 5.64. The van der Waals surface area contributed by atoms with Gasteiger partial charge in [0.25, 0.3) is 0 Å². The lowest BCUT2D eigenvalue weighted by molar-refractivity contribution is -0.141. The third-order valence-corrected chi connectivity index (χ3v) is 4.24. The molecule has 1 saturated heterocycles. The average Bonchev–Trinajstić information content (AvgIpc) is 3.07. The van der Waals surface area contributed by atoms with Crippen LogP contribution in [0.4, 0.5) is 4.79 Å². The molecule has 4 rings (SSSR count). The van der Waals surface area contributed by atoms with E-state index in [0.29, 0.717) is 19.7 Å². The monoisotopic (exact) mass is 327 g/mol. The summed E-state index contributed by atoms with van der Waals surface area (Å²) in [6.45, 7) is 1.32. The van der Waals surface area contributed by atoms with Gasteiger partial charge in [0.1, 0.15) is 19.2 Å². The molecule has 124 valence electrons. The molecule has 0 saturated carbocycles. The first-order valence-corrected chi connectivity index (χ1v) is 7.71. The number of amides is 3. The van der Waals surface area contributed by atoms with E-state index in [2.05, 4.69) is 5.10 Å². The Kier molecular flexibility index (Phi) is 3.46. The molecule has 3 heterocycles. The minimum absolute atomic E-state index is 0.0263. The zero-order chi connectivity index (χ0) is 16.7. The number of nitrogens with two attached hydrogens (primary N) is 1. The second-order valence-corrected chi connectivity index (χ2v) is 5.96. The third-order valence-electron chi connectivity index (χ3n) is 4.24. The van der Waals surface area contributed by atoms with E-state index < -0.39 is 5.91 Å². The van der Waals surface area contributed by atoms with E-state index in [4.69, 9.17) is 10.6 Å². The van der Waals surface area contributed by atoms with Crippen molar-refractivity contribution < 1.29 is 14.4 Å². The summed E-state index contributed by atoms with van der Waals surface area (Å²) in [5, 5.41) is 5.77. The van der Waals surface area contributed by atoms with E-state index >= 15 is 0 Å². The standard InChI is InChI=1S/C16H17N5O3/c17-15(22)9-20-6-12-13(18-20)7-19-8-14(12)21(16(19)23)24-10-11-4-2-1-3-5-11/h1-6,14H,7-10H2,(H2,17,22). The first-order chi connectivity index (χ1) is 11.6. The minimum Gasteiger partial charge on any atom is -0.368 e. The van der Waals surface area contributed by atoms with Crippen molar-refractivity contribution in [2.75, 3.05) is 6.54 Å². The van der Waals surface area contributed by atoms with Gasteiger partial charge in [0, 0.05) is 11.8 Å². The number of primary amides is 1. The lowest BCUT2D eigenvalue weighted by Crippen LogP contribution is -2.30. The van der Waals surface area contributed by atoms with Crippen molar-refractivity contribution in [1.29, 1.82) is 0 Å². The molecular formula is C16H17N5O3. The first-order valence-electron chi connectivity index (χ1n) is 7.71. The predicted molar refractivity (Wildman–Crippen MR) is 83.0 cm³/mol. The summed E-state index contributed by atoms with van der Waals surface area (Å²) in [6, 6.07) is 9.31. The maximum atomic E-state index is 12.5. The number of aromatic nitrogens is 2. The lowest BCUT2D eigenvalue weighted by atomic mass is 10.1. The van der Waals surface area contributed by atoms with Crippen molar-refractivity contribution in [2.45, 2.75) is 25.7 Å². The Bertz CT molecular complexity index is 788. The van der Waals surface area contributed by atoms with Crippen LogP contribution in [0.5, 0.6) is 0 Å². The van der Waals surface area contributed by atoms with Crippen LogP contribution in [0.1, 0.15) is 22.9 Å². The van der Waals surface area contributed by atoms with Crippen molar-refractivity contribution in [3.8, 4) is 0 Å². The van der Waals surface area contributed by atoms with Gasteiger partial charge >= 0.3 is 6.03 Å². The van der Waals surface area contributed by atoms with E-state index in [-0.39, 0.29) is 18.6 Å². The molecule has 2 aliphatic heterocycles. The van der Waals surface area contributed by atoms with Gasteiger partial charge in [0.05, 0.1) is 18.8 Å². The first kappa shape index (κ1) is 14.7. The molecule has 24 heavy (non-hydrogen) atoms. The van der Waals surface area contributed by atoms with Gasteiger partial charge < -0.3 is 10.6 Å². The van der Waals surface area contributed by atoms with Crippen LogP contribution < -0.4 is 5.73 Å². The fourth-order valence-electron chi connectivity index (χ4n) is 3.15. The SMILES string of the molecule is NC(=O)Cn1cc2c(n1)CN1CC2N(OCc2ccccc2)C1=O. The molecule has 2 bridgehead atoms. The number of benzene rings is 1. The zero-order valence-corrected chi connectivity index (χ0v) is 13.0. The predicted octanol–water partition coefficient (Wildman–Crippen LogP) is 0.793. The van der Waals surface area contributed by atoms with Crippen LogP contribution >= 0.6 is 0 Å². The smallest absolute Gasteiger partial charge is 0.345 e. The Labute approximate surface area is 138 Å². The highest BCUT2D eigenvalue weighted by Crippen LogP contribution is 2.37. The Balaban J connectivity index is 1.55. The number of rotatable bonds is 5. The molecular weight excluding hydrogens is 310 g/mol. The Morgan fingerprint density at radius 1 is 1.33 bits per heavy atom. The van der Waals surface area contributed by atoms with Crippen molar-refractivity contribution >= 4 is 11.9 Å². The normalized spacial score (nSPS) is 18.8. The van der Waals surface area contributed by atoms with Gasteiger partial charge in [-0.25, -0.2) is 4.79 Å². The molecule has 8 nitrogen and oxygen atoms in total. The third kappa shape index (κ3) is 2.50. The molecule has 2 aliphatic rings. The quantitative estimate of drug-likeness (QED) is 0.878. The van der Waals surface area contributed by atoms with Crippen LogP contribution in [-0.4, -0.2) is 38.2 Å². The summed E-state index contributed by atoms with van der Waals surface area (Å²) >= 11 is 0. The highest BCUT2D eigenvalue weighted by molar-refractivity contribution is 5.77. The highest BCUT2D eigenvalue weighted by Gasteiger charge is 2.45. The molecule has 3 amide bonds. The molecule has 0 radical (unpaired) electrons. The number of hydrogen-bond donors (Lipinski definition) is 1. The summed E-state index contributed by atoms with van der Waals surface area (Å²) in [4.78, 5) is 31.0. The van der Waals surface area contributed by atoms with Crippen molar-refractivity contribution in [3.63, 3.8) is 0 Å². The van der Waals surface area contributed by atoms with Gasteiger partial charge in [-0.05, 0) is 5.56 Å². The van der Waals surface area contributed by atoms with E-state index in [9.17, 15) is 9.59 Å². The van der Waals surface area contributed by atoms with Crippen LogP contribution in [0.2, 0.25) is 0 Å². The Morgan fingerprint density at radius 2 is 2.12 bits per heavy atom. The number of nitrogens with zero attached hydrogens (tertiary/aromatic N) is 4. The number of fused-ring (bicyclic) bond motifs is 4. The second-order valence-electron chi connectivity index (χ2n) is 5.96. The molecule has 8 heteroatoms. The van der Waals surface area contributed by atoms with E-state index in [1.165, 1.54) is 9.75 Å². The van der Waals surface area contributed by atoms with Crippen molar-refractivity contribution in [3.05, 3.63) is 53.3 Å². The van der Waals surface area contributed by atoms with Gasteiger partial charge in [-0.1, -0.05) is 30.3 Å². The average molecular weight is 327 g/mol. The largest absolute Gasteiger partial charge is 0.368 e. The molecule has 1 unspecified atom stereocenters. The van der Waals surface area contributed by atoms with E-state index in [1.807, 2.05) is 30.3 Å². The number of carbonyl (C=O) groups excluding carboxylic acids is 2. The van der Waals surface area contributed by atoms with Gasteiger partial charge in [0.2, 0.25) is 5.91 Å². The van der Waals surface area contributed by atoms with Crippen LogP contribution in [-0.2, 0) is 29.3 Å². The van der Waals surface area contributed by atoms with Crippen molar-refractivity contribution in [2.24, 2.45) is 5.73 Å². The summed E-state index contributed by atoms with van der Waals surface area (Å²) in [5.41, 5.74) is 7.91. The molecule has 1 atom stereocenters. The number of hydroxylamine groups is 2. The minimum atomic E-state index is -0.450. The number of hydrogen-bond acceptors (Lipinski definition) is 4.